The highest BCUT2D eigenvalue weighted by atomic mass is 35.5. The van der Waals surface area contributed by atoms with Gasteiger partial charge in [0, 0.05) is 5.57 Å². The molecule has 5 heteroatoms. The average molecular weight is 273 g/mol. The topological polar surface area (TPSA) is 38.9 Å². The van der Waals surface area contributed by atoms with Gasteiger partial charge in [0.2, 0.25) is 11.8 Å². The van der Waals surface area contributed by atoms with Gasteiger partial charge in [-0.15, -0.1) is 10.2 Å². The summed E-state index contributed by atoms with van der Waals surface area (Å²) in [5.74, 6) is 2.19. The van der Waals surface area contributed by atoms with E-state index in [0.29, 0.717) is 17.2 Å². The van der Waals surface area contributed by atoms with Crippen molar-refractivity contribution in [3.8, 4) is 0 Å². The van der Waals surface area contributed by atoms with E-state index in [2.05, 4.69) is 30.1 Å². The van der Waals surface area contributed by atoms with E-state index >= 15 is 0 Å². The molecule has 2 bridgehead atoms. The molecule has 1 fully saturated rings. The summed E-state index contributed by atoms with van der Waals surface area (Å²) in [4.78, 5) is -0.748. The molecule has 17 heavy (non-hydrogen) atoms. The van der Waals surface area contributed by atoms with Crippen LogP contribution < -0.4 is 0 Å². The Kier molecular flexibility index (Phi) is 2.53. The summed E-state index contributed by atoms with van der Waals surface area (Å²) >= 11 is 11.4. The highest BCUT2D eigenvalue weighted by Crippen LogP contribution is 2.61. The molecule has 0 radical (unpaired) electrons. The molecule has 0 saturated heterocycles. The zero-order valence-corrected chi connectivity index (χ0v) is 11.3. The van der Waals surface area contributed by atoms with Gasteiger partial charge in [-0.3, -0.25) is 0 Å². The number of allylic oxidation sites excluding steroid dienone is 2. The third-order valence-electron chi connectivity index (χ3n) is 4.34. The molecule has 1 heterocycles. The molecule has 4 rings (SSSR count). The molecule has 1 saturated carbocycles. The van der Waals surface area contributed by atoms with Crippen molar-refractivity contribution in [1.29, 1.82) is 0 Å². The zero-order chi connectivity index (χ0) is 12.2. The van der Waals surface area contributed by atoms with Crippen molar-refractivity contribution in [2.24, 2.45) is 17.3 Å². The van der Waals surface area contributed by atoms with Crippen LogP contribution in [-0.4, -0.2) is 10.2 Å². The van der Waals surface area contributed by atoms with Crippen molar-refractivity contribution < 1.29 is 4.42 Å². The first-order chi connectivity index (χ1) is 8.00. The Morgan fingerprint density at radius 2 is 2.18 bits per heavy atom. The zero-order valence-electron chi connectivity index (χ0n) is 9.78. The van der Waals surface area contributed by atoms with Crippen LogP contribution in [0.1, 0.15) is 43.3 Å². The van der Waals surface area contributed by atoms with Crippen LogP contribution in [0.4, 0.5) is 0 Å². The Balaban J connectivity index is 1.92. The van der Waals surface area contributed by atoms with Crippen molar-refractivity contribution >= 4 is 28.8 Å². The molecule has 2 atom stereocenters. The minimum absolute atomic E-state index is 0.281. The first-order valence-corrected chi connectivity index (χ1v) is 6.69. The summed E-state index contributed by atoms with van der Waals surface area (Å²) in [6.07, 6.45) is 4.54. The van der Waals surface area contributed by atoms with E-state index in [9.17, 15) is 0 Å². The molecule has 0 spiro atoms. The molecule has 0 aromatic carbocycles. The van der Waals surface area contributed by atoms with Crippen molar-refractivity contribution in [3.05, 3.63) is 17.9 Å². The van der Waals surface area contributed by atoms with Gasteiger partial charge < -0.3 is 4.42 Å². The fourth-order valence-electron chi connectivity index (χ4n) is 3.03. The number of nitrogens with zero attached hydrogens (tertiary/aromatic N) is 2. The lowest BCUT2D eigenvalue weighted by Gasteiger charge is -2.55. The smallest absolute Gasteiger partial charge is 0.249 e. The summed E-state index contributed by atoms with van der Waals surface area (Å²) in [5, 5.41) is 7.92. The number of fused-ring (bicyclic) bond motifs is 1. The number of halogens is 2. The fraction of sp³-hybridized carbons (Fsp3) is 0.667. The highest BCUT2D eigenvalue weighted by Gasteiger charge is 2.52. The van der Waals surface area contributed by atoms with Crippen molar-refractivity contribution in [2.45, 2.75) is 31.5 Å². The Hall–Kier alpha value is -0.540. The quantitative estimate of drug-likeness (QED) is 0.764. The minimum Gasteiger partial charge on any atom is -0.418 e. The lowest BCUT2D eigenvalue weighted by Crippen LogP contribution is -2.47. The van der Waals surface area contributed by atoms with Crippen LogP contribution in [0.2, 0.25) is 0 Å². The van der Waals surface area contributed by atoms with E-state index < -0.39 is 4.84 Å². The summed E-state index contributed by atoms with van der Waals surface area (Å²) < 4.78 is 5.52. The molecule has 0 N–H and O–H groups in total. The number of hydrogen-bond acceptors (Lipinski definition) is 3. The van der Waals surface area contributed by atoms with E-state index in [-0.39, 0.29) is 5.89 Å². The monoisotopic (exact) mass is 272 g/mol. The van der Waals surface area contributed by atoms with Crippen LogP contribution in [-0.2, 0) is 0 Å². The third-order valence-corrected chi connectivity index (χ3v) is 4.72. The number of rotatable bonds is 2. The predicted molar refractivity (Wildman–Crippen MR) is 66.7 cm³/mol. The Morgan fingerprint density at radius 3 is 2.71 bits per heavy atom. The molecule has 1 aromatic heterocycles. The maximum absolute atomic E-state index is 5.71. The normalized spacial score (nSPS) is 30.1. The summed E-state index contributed by atoms with van der Waals surface area (Å²) in [6.45, 7) is 4.62. The average Bonchev–Trinajstić information content (AvgIpc) is 2.78. The van der Waals surface area contributed by atoms with Crippen LogP contribution in [0.25, 0.3) is 5.57 Å². The van der Waals surface area contributed by atoms with E-state index in [4.69, 9.17) is 27.6 Å². The summed E-state index contributed by atoms with van der Waals surface area (Å²) in [5.41, 5.74) is 1.52. The first kappa shape index (κ1) is 11.5. The van der Waals surface area contributed by atoms with Gasteiger partial charge in [-0.2, -0.15) is 0 Å². The van der Waals surface area contributed by atoms with E-state index in [0.717, 1.165) is 12.3 Å². The summed E-state index contributed by atoms with van der Waals surface area (Å²) in [7, 11) is 0. The van der Waals surface area contributed by atoms with Crippen molar-refractivity contribution in [1.82, 2.24) is 10.2 Å². The van der Waals surface area contributed by atoms with Gasteiger partial charge in [0.05, 0.1) is 0 Å². The first-order valence-electron chi connectivity index (χ1n) is 5.82. The van der Waals surface area contributed by atoms with Crippen LogP contribution in [0.5, 0.6) is 0 Å². The lowest BCUT2D eigenvalue weighted by atomic mass is 9.49. The van der Waals surface area contributed by atoms with Crippen LogP contribution in [0.15, 0.2) is 10.5 Å². The molecule has 0 unspecified atom stereocenters. The number of hydrogen-bond donors (Lipinski definition) is 0. The van der Waals surface area contributed by atoms with Crippen molar-refractivity contribution in [2.75, 3.05) is 0 Å². The second-order valence-corrected chi connectivity index (χ2v) is 6.54. The largest absolute Gasteiger partial charge is 0.418 e. The predicted octanol–water partition coefficient (Wildman–Crippen LogP) is 4.00. The maximum atomic E-state index is 5.71. The van der Waals surface area contributed by atoms with Gasteiger partial charge in [-0.1, -0.05) is 43.1 Å². The third kappa shape index (κ3) is 1.63. The molecule has 3 nitrogen and oxygen atoms in total. The van der Waals surface area contributed by atoms with E-state index in [1.54, 1.807) is 0 Å². The van der Waals surface area contributed by atoms with Gasteiger partial charge in [0.25, 0.3) is 0 Å². The van der Waals surface area contributed by atoms with E-state index in [1.807, 2.05) is 0 Å². The van der Waals surface area contributed by atoms with Crippen LogP contribution >= 0.6 is 23.2 Å². The Labute approximate surface area is 110 Å². The summed E-state index contributed by atoms with van der Waals surface area (Å²) in [6, 6.07) is 0. The molecule has 3 aliphatic rings. The fourth-order valence-corrected chi connectivity index (χ4v) is 3.21. The highest BCUT2D eigenvalue weighted by molar-refractivity contribution is 6.43. The van der Waals surface area contributed by atoms with Gasteiger partial charge in [0.15, 0.2) is 4.84 Å². The second kappa shape index (κ2) is 3.72. The van der Waals surface area contributed by atoms with Gasteiger partial charge in [0.1, 0.15) is 0 Å². The van der Waals surface area contributed by atoms with Crippen molar-refractivity contribution in [3.63, 3.8) is 0 Å². The minimum atomic E-state index is -0.748. The molecular weight excluding hydrogens is 259 g/mol. The molecule has 3 aliphatic carbocycles. The SMILES string of the molecule is CC1(C)[C@@H]2CC=C(c3nnc(C(Cl)Cl)o3)[C@H]1C2. The molecule has 92 valence electrons. The van der Waals surface area contributed by atoms with Crippen LogP contribution in [0.3, 0.4) is 0 Å². The van der Waals surface area contributed by atoms with Gasteiger partial charge >= 0.3 is 0 Å². The Bertz CT molecular complexity index is 479. The number of alkyl halides is 2. The molecular formula is C12H14Cl2N2O. The van der Waals surface area contributed by atoms with Gasteiger partial charge in [-0.25, -0.2) is 0 Å². The molecule has 1 aromatic rings. The van der Waals surface area contributed by atoms with Gasteiger partial charge in [-0.05, 0) is 30.1 Å². The van der Waals surface area contributed by atoms with Crippen LogP contribution in [0, 0.1) is 17.3 Å². The second-order valence-electron chi connectivity index (χ2n) is 5.45. The lowest BCUT2D eigenvalue weighted by molar-refractivity contribution is 0.00990. The Morgan fingerprint density at radius 1 is 1.41 bits per heavy atom. The molecule has 0 aliphatic heterocycles. The van der Waals surface area contributed by atoms with E-state index in [1.165, 1.54) is 12.0 Å². The number of aromatic nitrogens is 2. The standard InChI is InChI=1S/C12H14Cl2N2O/c1-12(2)6-3-4-7(8(12)5-6)10-15-16-11(17-10)9(13)14/h4,6,8-9H,3,5H2,1-2H3/t6-,8-/m1/s1. The molecule has 0 amide bonds. The maximum Gasteiger partial charge on any atom is 0.249 e.